The van der Waals surface area contributed by atoms with E-state index < -0.39 is 10.0 Å². The zero-order valence-corrected chi connectivity index (χ0v) is 15.4. The number of carbonyl (C=O) groups excluding carboxylic acids is 1. The lowest BCUT2D eigenvalue weighted by Gasteiger charge is -2.13. The molecule has 7 heteroatoms. The van der Waals surface area contributed by atoms with Gasteiger partial charge in [0.2, 0.25) is 10.0 Å². The summed E-state index contributed by atoms with van der Waals surface area (Å²) in [7, 11) is -0.700. The smallest absolute Gasteiger partial charge is 0.256 e. The Labute approximate surface area is 144 Å². The normalized spacial score (nSPS) is 11.5. The van der Waals surface area contributed by atoms with Crippen molar-refractivity contribution in [3.8, 4) is 0 Å². The van der Waals surface area contributed by atoms with Gasteiger partial charge in [-0.25, -0.2) is 12.7 Å². The van der Waals surface area contributed by atoms with Crippen molar-refractivity contribution in [1.82, 2.24) is 4.31 Å². The highest BCUT2D eigenvalue weighted by Gasteiger charge is 2.20. The molecule has 0 saturated heterocycles. The summed E-state index contributed by atoms with van der Waals surface area (Å²) in [5, 5.41) is 2.76. The molecule has 2 aromatic carbocycles. The van der Waals surface area contributed by atoms with Crippen LogP contribution in [0.4, 0.5) is 5.69 Å². The second-order valence-electron chi connectivity index (χ2n) is 5.25. The first kappa shape index (κ1) is 17.7. The lowest BCUT2D eigenvalue weighted by molar-refractivity contribution is 0.102. The van der Waals surface area contributed by atoms with Crippen molar-refractivity contribution in [2.45, 2.75) is 11.8 Å². The lowest BCUT2D eigenvalue weighted by Crippen LogP contribution is -2.23. The van der Waals surface area contributed by atoms with Crippen molar-refractivity contribution in [2.24, 2.45) is 0 Å². The van der Waals surface area contributed by atoms with Crippen LogP contribution in [0.5, 0.6) is 0 Å². The molecule has 0 spiro atoms. The molecule has 0 aromatic heterocycles. The topological polar surface area (TPSA) is 66.5 Å². The van der Waals surface area contributed by atoms with Gasteiger partial charge < -0.3 is 5.32 Å². The average molecular weight is 397 g/mol. The van der Waals surface area contributed by atoms with Crippen molar-refractivity contribution in [2.75, 3.05) is 19.4 Å². The summed E-state index contributed by atoms with van der Waals surface area (Å²) in [6.07, 6.45) is 0. The molecule has 0 aliphatic rings. The molecule has 0 saturated carbocycles. The van der Waals surface area contributed by atoms with Crippen molar-refractivity contribution in [3.63, 3.8) is 0 Å². The van der Waals surface area contributed by atoms with E-state index in [-0.39, 0.29) is 16.4 Å². The van der Waals surface area contributed by atoms with Crippen LogP contribution in [-0.4, -0.2) is 32.7 Å². The molecule has 0 aliphatic carbocycles. The van der Waals surface area contributed by atoms with Crippen molar-refractivity contribution >= 4 is 37.5 Å². The van der Waals surface area contributed by atoms with Gasteiger partial charge in [-0.15, -0.1) is 0 Å². The molecule has 1 amide bonds. The minimum atomic E-state index is -3.60. The minimum absolute atomic E-state index is 0.0692. The van der Waals surface area contributed by atoms with Gasteiger partial charge in [0, 0.05) is 24.3 Å². The maximum Gasteiger partial charge on any atom is 0.256 e. The number of sulfonamides is 1. The number of rotatable bonds is 4. The SMILES string of the molecule is Cc1ccc(NC(=O)c2cc(S(=O)(=O)N(C)C)ccc2Br)cc1. The molecule has 0 unspecified atom stereocenters. The molecular weight excluding hydrogens is 380 g/mol. The van der Waals surface area contributed by atoms with Crippen LogP contribution in [0.25, 0.3) is 0 Å². The number of anilines is 1. The molecule has 1 N–H and O–H groups in total. The van der Waals surface area contributed by atoms with Crippen LogP contribution in [0.1, 0.15) is 15.9 Å². The van der Waals surface area contributed by atoms with Crippen LogP contribution in [0, 0.1) is 6.92 Å². The van der Waals surface area contributed by atoms with Gasteiger partial charge in [0.05, 0.1) is 10.5 Å². The quantitative estimate of drug-likeness (QED) is 0.861. The largest absolute Gasteiger partial charge is 0.322 e. The highest BCUT2D eigenvalue weighted by Crippen LogP contribution is 2.23. The summed E-state index contributed by atoms with van der Waals surface area (Å²) in [5.74, 6) is -0.378. The molecule has 2 aromatic rings. The lowest BCUT2D eigenvalue weighted by atomic mass is 10.2. The van der Waals surface area contributed by atoms with E-state index >= 15 is 0 Å². The van der Waals surface area contributed by atoms with Crippen LogP contribution in [0.3, 0.4) is 0 Å². The third-order valence-corrected chi connectivity index (χ3v) is 5.77. The van der Waals surface area contributed by atoms with E-state index in [2.05, 4.69) is 21.2 Å². The molecule has 0 radical (unpaired) electrons. The number of aryl methyl sites for hydroxylation is 1. The highest BCUT2D eigenvalue weighted by molar-refractivity contribution is 9.10. The number of halogens is 1. The van der Waals surface area contributed by atoms with Crippen molar-refractivity contribution < 1.29 is 13.2 Å². The van der Waals surface area contributed by atoms with Crippen LogP contribution in [0.15, 0.2) is 51.8 Å². The second kappa shape index (κ2) is 6.82. The van der Waals surface area contributed by atoms with E-state index in [1.54, 1.807) is 18.2 Å². The Morgan fingerprint density at radius 3 is 2.26 bits per heavy atom. The summed E-state index contributed by atoms with van der Waals surface area (Å²) >= 11 is 3.29. The Morgan fingerprint density at radius 1 is 1.09 bits per heavy atom. The number of amides is 1. The Balaban J connectivity index is 2.35. The number of hydrogen-bond donors (Lipinski definition) is 1. The Kier molecular flexibility index (Phi) is 5.23. The molecule has 0 fully saturated rings. The third kappa shape index (κ3) is 3.99. The standard InChI is InChI=1S/C16H17BrN2O3S/c1-11-4-6-12(7-5-11)18-16(20)14-10-13(8-9-15(14)17)23(21,22)19(2)3/h4-10H,1-3H3,(H,18,20). The highest BCUT2D eigenvalue weighted by atomic mass is 79.9. The predicted molar refractivity (Wildman–Crippen MR) is 94.1 cm³/mol. The zero-order valence-electron chi connectivity index (χ0n) is 13.0. The number of benzene rings is 2. The first-order chi connectivity index (χ1) is 10.7. The molecule has 5 nitrogen and oxygen atoms in total. The first-order valence-electron chi connectivity index (χ1n) is 6.82. The van der Waals surface area contributed by atoms with Gasteiger partial charge in [-0.3, -0.25) is 4.79 Å². The van der Waals surface area contributed by atoms with E-state index in [4.69, 9.17) is 0 Å². The maximum atomic E-state index is 12.4. The van der Waals surface area contributed by atoms with E-state index in [1.165, 1.54) is 26.2 Å². The summed E-state index contributed by atoms with van der Waals surface area (Å²) in [6, 6.07) is 11.7. The van der Waals surface area contributed by atoms with Gasteiger partial charge in [-0.2, -0.15) is 0 Å². The molecule has 23 heavy (non-hydrogen) atoms. The summed E-state index contributed by atoms with van der Waals surface area (Å²) in [4.78, 5) is 12.5. The van der Waals surface area contributed by atoms with Gasteiger partial charge in [-0.05, 0) is 53.2 Å². The van der Waals surface area contributed by atoms with Crippen LogP contribution in [-0.2, 0) is 10.0 Å². The van der Waals surface area contributed by atoms with Crippen molar-refractivity contribution in [1.29, 1.82) is 0 Å². The van der Waals surface area contributed by atoms with E-state index in [1.807, 2.05) is 19.1 Å². The molecule has 0 atom stereocenters. The van der Waals surface area contributed by atoms with Gasteiger partial charge >= 0.3 is 0 Å². The zero-order chi connectivity index (χ0) is 17.2. The van der Waals surface area contributed by atoms with Gasteiger partial charge in [0.25, 0.3) is 5.91 Å². The monoisotopic (exact) mass is 396 g/mol. The van der Waals surface area contributed by atoms with Crippen LogP contribution < -0.4 is 5.32 Å². The third-order valence-electron chi connectivity index (χ3n) is 3.27. The predicted octanol–water partition coefficient (Wildman–Crippen LogP) is 3.26. The van der Waals surface area contributed by atoms with Crippen LogP contribution >= 0.6 is 15.9 Å². The van der Waals surface area contributed by atoms with Gasteiger partial charge in [0.15, 0.2) is 0 Å². The Bertz CT molecular complexity index is 831. The first-order valence-corrected chi connectivity index (χ1v) is 9.05. The number of nitrogens with zero attached hydrogens (tertiary/aromatic N) is 1. The molecule has 2 rings (SSSR count). The summed E-state index contributed by atoms with van der Waals surface area (Å²) < 4.78 is 26.0. The molecule has 0 aliphatic heterocycles. The minimum Gasteiger partial charge on any atom is -0.322 e. The fourth-order valence-corrected chi connectivity index (χ4v) is 3.24. The fourth-order valence-electron chi connectivity index (χ4n) is 1.88. The Hall–Kier alpha value is -1.70. The number of carbonyl (C=O) groups is 1. The molecule has 0 heterocycles. The molecule has 0 bridgehead atoms. The van der Waals surface area contributed by atoms with E-state index in [0.29, 0.717) is 10.2 Å². The second-order valence-corrected chi connectivity index (χ2v) is 8.26. The summed E-state index contributed by atoms with van der Waals surface area (Å²) in [5.41, 5.74) is 1.99. The maximum absolute atomic E-state index is 12.4. The van der Waals surface area contributed by atoms with Gasteiger partial charge in [-0.1, -0.05) is 17.7 Å². The number of hydrogen-bond acceptors (Lipinski definition) is 3. The molecule has 122 valence electrons. The Morgan fingerprint density at radius 2 is 1.70 bits per heavy atom. The average Bonchev–Trinajstić information content (AvgIpc) is 2.49. The van der Waals surface area contributed by atoms with Crippen LogP contribution in [0.2, 0.25) is 0 Å². The van der Waals surface area contributed by atoms with Gasteiger partial charge in [0.1, 0.15) is 0 Å². The van der Waals surface area contributed by atoms with E-state index in [9.17, 15) is 13.2 Å². The fraction of sp³-hybridized carbons (Fsp3) is 0.188. The number of nitrogens with one attached hydrogen (secondary N) is 1. The van der Waals surface area contributed by atoms with Crippen molar-refractivity contribution in [3.05, 3.63) is 58.1 Å². The van der Waals surface area contributed by atoms with E-state index in [0.717, 1.165) is 9.87 Å². The summed E-state index contributed by atoms with van der Waals surface area (Å²) in [6.45, 7) is 1.96. The molecular formula is C16H17BrN2O3S.